The Morgan fingerprint density at radius 2 is 1.27 bits per heavy atom. The first-order valence-electron chi connectivity index (χ1n) is 10.9. The van der Waals surface area contributed by atoms with Crippen molar-refractivity contribution in [2.24, 2.45) is 0 Å². The van der Waals surface area contributed by atoms with Crippen LogP contribution in [0.3, 0.4) is 0 Å². The molecule has 7 aromatic rings. The molecule has 0 saturated carbocycles. The number of hydrogen-bond acceptors (Lipinski definition) is 4. The summed E-state index contributed by atoms with van der Waals surface area (Å²) in [5.41, 5.74) is 6.14. The predicted molar refractivity (Wildman–Crippen MR) is 139 cm³/mol. The number of pyridine rings is 2. The highest BCUT2D eigenvalue weighted by Gasteiger charge is 2.14. The SMILES string of the molecule is c1cnc2c(c1)ccc1ccc(-c3ccc(-c4nc5ccccc5s4)c4ccccc34)nc12. The van der Waals surface area contributed by atoms with Crippen molar-refractivity contribution < 1.29 is 0 Å². The number of nitrogens with zero attached hydrogens (tertiary/aromatic N) is 3. The summed E-state index contributed by atoms with van der Waals surface area (Å²) in [7, 11) is 0. The maximum atomic E-state index is 5.09. The molecule has 0 atom stereocenters. The number of rotatable bonds is 2. The van der Waals surface area contributed by atoms with Crippen molar-refractivity contribution in [2.75, 3.05) is 0 Å². The zero-order chi connectivity index (χ0) is 21.8. The predicted octanol–water partition coefficient (Wildman–Crippen LogP) is 7.88. The van der Waals surface area contributed by atoms with Gasteiger partial charge >= 0.3 is 0 Å². The van der Waals surface area contributed by atoms with Crippen molar-refractivity contribution in [1.29, 1.82) is 0 Å². The van der Waals surface area contributed by atoms with Crippen LogP contribution in [0.1, 0.15) is 0 Å². The van der Waals surface area contributed by atoms with Crippen LogP contribution in [0.4, 0.5) is 0 Å². The summed E-state index contributed by atoms with van der Waals surface area (Å²) in [6.45, 7) is 0. The number of hydrogen-bond donors (Lipinski definition) is 0. The number of aromatic nitrogens is 3. The smallest absolute Gasteiger partial charge is 0.125 e. The van der Waals surface area contributed by atoms with Gasteiger partial charge in [0, 0.05) is 28.1 Å². The van der Waals surface area contributed by atoms with Crippen molar-refractivity contribution in [1.82, 2.24) is 15.0 Å². The molecule has 3 heterocycles. The summed E-state index contributed by atoms with van der Waals surface area (Å²) in [5.74, 6) is 0. The Morgan fingerprint density at radius 1 is 0.545 bits per heavy atom. The Labute approximate surface area is 194 Å². The van der Waals surface area contributed by atoms with Gasteiger partial charge in [-0.3, -0.25) is 4.98 Å². The molecule has 154 valence electrons. The minimum absolute atomic E-state index is 0.935. The number of fused-ring (bicyclic) bond motifs is 5. The van der Waals surface area contributed by atoms with Crippen LogP contribution < -0.4 is 0 Å². The van der Waals surface area contributed by atoms with Gasteiger partial charge < -0.3 is 0 Å². The van der Waals surface area contributed by atoms with Crippen molar-refractivity contribution in [3.63, 3.8) is 0 Å². The number of thiazole rings is 1. The summed E-state index contributed by atoms with van der Waals surface area (Å²) >= 11 is 1.74. The van der Waals surface area contributed by atoms with Crippen LogP contribution in [0.25, 0.3) is 64.6 Å². The van der Waals surface area contributed by atoms with Crippen LogP contribution in [0.2, 0.25) is 0 Å². The van der Waals surface area contributed by atoms with Crippen LogP contribution in [-0.2, 0) is 0 Å². The maximum absolute atomic E-state index is 5.09. The molecule has 0 aliphatic rings. The molecule has 3 aromatic heterocycles. The molecule has 0 spiro atoms. The lowest BCUT2D eigenvalue weighted by atomic mass is 9.97. The minimum Gasteiger partial charge on any atom is -0.254 e. The molecular weight excluding hydrogens is 422 g/mol. The summed E-state index contributed by atoms with van der Waals surface area (Å²) in [6, 6.07) is 33.7. The molecule has 0 fully saturated rings. The van der Waals surface area contributed by atoms with E-state index < -0.39 is 0 Å². The van der Waals surface area contributed by atoms with Gasteiger partial charge in [0.05, 0.1) is 26.9 Å². The van der Waals surface area contributed by atoms with Crippen LogP contribution in [0, 0.1) is 0 Å². The molecule has 0 aliphatic carbocycles. The first kappa shape index (κ1) is 18.4. The third kappa shape index (κ3) is 2.92. The molecule has 0 unspecified atom stereocenters. The minimum atomic E-state index is 0.935. The van der Waals surface area contributed by atoms with Crippen LogP contribution in [-0.4, -0.2) is 15.0 Å². The average molecular weight is 440 g/mol. The standard InChI is InChI=1S/C29H17N3S/c1-2-8-21-20(7-1)22(14-15-23(21)29-32-25-9-3-4-10-26(25)33-29)24-16-13-19-12-11-18-6-5-17-30-27(18)28(19)31-24/h1-17H. The molecule has 3 nitrogen and oxygen atoms in total. The van der Waals surface area contributed by atoms with Gasteiger partial charge in [-0.15, -0.1) is 11.3 Å². The molecule has 7 rings (SSSR count). The fourth-order valence-electron chi connectivity index (χ4n) is 4.57. The molecule has 0 amide bonds. The summed E-state index contributed by atoms with van der Waals surface area (Å²) in [6.07, 6.45) is 1.83. The van der Waals surface area contributed by atoms with Crippen LogP contribution >= 0.6 is 11.3 Å². The van der Waals surface area contributed by atoms with E-state index in [0.717, 1.165) is 49.2 Å². The Balaban J connectivity index is 1.47. The second kappa shape index (κ2) is 7.19. The third-order valence-electron chi connectivity index (χ3n) is 6.16. The highest BCUT2D eigenvalue weighted by atomic mass is 32.1. The van der Waals surface area contributed by atoms with E-state index in [0.29, 0.717) is 0 Å². The van der Waals surface area contributed by atoms with E-state index in [4.69, 9.17) is 9.97 Å². The van der Waals surface area contributed by atoms with E-state index in [-0.39, 0.29) is 0 Å². The van der Waals surface area contributed by atoms with Gasteiger partial charge in [-0.2, -0.15) is 0 Å². The first-order chi connectivity index (χ1) is 16.3. The lowest BCUT2D eigenvalue weighted by molar-refractivity contribution is 1.37. The quantitative estimate of drug-likeness (QED) is 0.257. The Kier molecular flexibility index (Phi) is 4.01. The fraction of sp³-hybridized carbons (Fsp3) is 0. The van der Waals surface area contributed by atoms with Gasteiger partial charge in [0.1, 0.15) is 5.01 Å². The van der Waals surface area contributed by atoms with E-state index in [1.807, 2.05) is 18.3 Å². The molecule has 0 radical (unpaired) electrons. The topological polar surface area (TPSA) is 38.7 Å². The number of benzene rings is 4. The monoisotopic (exact) mass is 439 g/mol. The van der Waals surface area contributed by atoms with Crippen molar-refractivity contribution in [2.45, 2.75) is 0 Å². The molecule has 33 heavy (non-hydrogen) atoms. The third-order valence-corrected chi connectivity index (χ3v) is 7.23. The molecule has 0 N–H and O–H groups in total. The van der Waals surface area contributed by atoms with E-state index >= 15 is 0 Å². The summed E-state index contributed by atoms with van der Waals surface area (Å²) in [5, 5.41) is 5.60. The van der Waals surface area contributed by atoms with E-state index in [2.05, 4.69) is 89.9 Å². The fourth-order valence-corrected chi connectivity index (χ4v) is 5.58. The Hall–Kier alpha value is -4.15. The highest BCUT2D eigenvalue weighted by molar-refractivity contribution is 7.21. The van der Waals surface area contributed by atoms with Gasteiger partial charge in [-0.25, -0.2) is 9.97 Å². The second-order valence-electron chi connectivity index (χ2n) is 8.10. The molecule has 4 aromatic carbocycles. The van der Waals surface area contributed by atoms with Gasteiger partial charge in [0.25, 0.3) is 0 Å². The van der Waals surface area contributed by atoms with Crippen LogP contribution in [0.15, 0.2) is 103 Å². The highest BCUT2D eigenvalue weighted by Crippen LogP contribution is 2.38. The van der Waals surface area contributed by atoms with Crippen molar-refractivity contribution in [3.05, 3.63) is 103 Å². The van der Waals surface area contributed by atoms with Gasteiger partial charge in [-0.05, 0) is 35.0 Å². The van der Waals surface area contributed by atoms with Crippen molar-refractivity contribution >= 4 is 54.1 Å². The summed E-state index contributed by atoms with van der Waals surface area (Å²) in [4.78, 5) is 14.6. The Morgan fingerprint density at radius 3 is 2.15 bits per heavy atom. The first-order valence-corrected chi connectivity index (χ1v) is 11.7. The zero-order valence-electron chi connectivity index (χ0n) is 17.6. The average Bonchev–Trinajstić information content (AvgIpc) is 3.32. The molecule has 0 aliphatic heterocycles. The van der Waals surface area contributed by atoms with Gasteiger partial charge in [0.15, 0.2) is 0 Å². The second-order valence-corrected chi connectivity index (χ2v) is 9.13. The van der Waals surface area contributed by atoms with Crippen LogP contribution in [0.5, 0.6) is 0 Å². The number of para-hydroxylation sites is 1. The lowest BCUT2D eigenvalue weighted by Gasteiger charge is -2.11. The molecular formula is C29H17N3S. The normalized spacial score (nSPS) is 11.6. The lowest BCUT2D eigenvalue weighted by Crippen LogP contribution is -1.90. The maximum Gasteiger partial charge on any atom is 0.125 e. The molecule has 0 bridgehead atoms. The summed E-state index contributed by atoms with van der Waals surface area (Å²) < 4.78 is 1.20. The zero-order valence-corrected chi connectivity index (χ0v) is 18.4. The van der Waals surface area contributed by atoms with Gasteiger partial charge in [-0.1, -0.05) is 72.8 Å². The van der Waals surface area contributed by atoms with E-state index in [9.17, 15) is 0 Å². The molecule has 4 heteroatoms. The van der Waals surface area contributed by atoms with E-state index in [1.165, 1.54) is 15.5 Å². The Bertz CT molecular complexity index is 1800. The largest absolute Gasteiger partial charge is 0.254 e. The molecule has 0 saturated heterocycles. The van der Waals surface area contributed by atoms with Gasteiger partial charge in [0.2, 0.25) is 0 Å². The van der Waals surface area contributed by atoms with E-state index in [1.54, 1.807) is 11.3 Å². The van der Waals surface area contributed by atoms with Crippen molar-refractivity contribution in [3.8, 4) is 21.8 Å².